The molecule has 0 saturated carbocycles. The quantitative estimate of drug-likeness (QED) is 0.716. The third-order valence-corrected chi connectivity index (χ3v) is 3.61. The molecule has 2 nitrogen and oxygen atoms in total. The van der Waals surface area contributed by atoms with Crippen LogP contribution in [0.4, 0.5) is 4.39 Å². The van der Waals surface area contributed by atoms with Gasteiger partial charge in [-0.2, -0.15) is 11.3 Å². The average molecular weight is 297 g/mol. The molecule has 0 aliphatic heterocycles. The summed E-state index contributed by atoms with van der Waals surface area (Å²) in [6, 6.07) is 5.10. The molecule has 0 saturated heterocycles. The van der Waals surface area contributed by atoms with Crippen LogP contribution in [0, 0.1) is 5.82 Å². The van der Waals surface area contributed by atoms with E-state index in [9.17, 15) is 4.39 Å². The van der Waals surface area contributed by atoms with Gasteiger partial charge in [0.15, 0.2) is 0 Å². The van der Waals surface area contributed by atoms with Crippen LogP contribution in [-0.2, 0) is 0 Å². The zero-order chi connectivity index (χ0) is 11.1. The molecule has 5 heteroatoms. The number of halogens is 2. The highest BCUT2D eigenvalue weighted by molar-refractivity contribution is 9.10. The average Bonchev–Trinajstić information content (AvgIpc) is 2.86. The smallest absolute Gasteiger partial charge is 0.139 e. The molecule has 0 amide bonds. The second-order valence-corrected chi connectivity index (χ2v) is 5.02. The Labute approximate surface area is 103 Å². The van der Waals surface area contributed by atoms with Crippen molar-refractivity contribution in [3.8, 4) is 11.4 Å². The van der Waals surface area contributed by atoms with E-state index in [1.54, 1.807) is 17.4 Å². The lowest BCUT2D eigenvalue weighted by Crippen LogP contribution is -1.77. The molecule has 0 atom stereocenters. The largest absolute Gasteiger partial charge is 0.338 e. The summed E-state index contributed by atoms with van der Waals surface area (Å²) >= 11 is 4.75. The van der Waals surface area contributed by atoms with Crippen molar-refractivity contribution in [1.82, 2.24) is 9.97 Å². The third kappa shape index (κ3) is 1.56. The number of hydrogen-bond donors (Lipinski definition) is 1. The number of fused-ring (bicyclic) bond motifs is 1. The van der Waals surface area contributed by atoms with Crippen molar-refractivity contribution in [3.63, 3.8) is 0 Å². The summed E-state index contributed by atoms with van der Waals surface area (Å²) < 4.78 is 13.7. The molecule has 1 N–H and O–H groups in total. The molecular weight excluding hydrogens is 291 g/mol. The number of benzene rings is 1. The second-order valence-electron chi connectivity index (χ2n) is 3.38. The van der Waals surface area contributed by atoms with E-state index >= 15 is 0 Å². The number of hydrogen-bond acceptors (Lipinski definition) is 2. The molecule has 3 rings (SSSR count). The predicted octanol–water partition coefficient (Wildman–Crippen LogP) is 4.19. The molecule has 0 radical (unpaired) electrons. The number of aromatic nitrogens is 2. The van der Waals surface area contributed by atoms with Crippen molar-refractivity contribution in [2.45, 2.75) is 0 Å². The summed E-state index contributed by atoms with van der Waals surface area (Å²) in [5.74, 6) is 0.488. The van der Waals surface area contributed by atoms with Gasteiger partial charge in [0.05, 0.1) is 15.5 Å². The molecule has 80 valence electrons. The van der Waals surface area contributed by atoms with Gasteiger partial charge in [-0.1, -0.05) is 0 Å². The van der Waals surface area contributed by atoms with E-state index in [1.165, 1.54) is 6.07 Å². The monoisotopic (exact) mass is 296 g/mol. The summed E-state index contributed by atoms with van der Waals surface area (Å²) in [6.45, 7) is 0. The van der Waals surface area contributed by atoms with Gasteiger partial charge in [-0.3, -0.25) is 0 Å². The standard InChI is InChI=1S/C11H6BrFN2S/c12-7-3-9-10(4-8(7)13)15-11(14-9)6-1-2-16-5-6/h1-5H,(H,14,15). The number of imidazole rings is 1. The summed E-state index contributed by atoms with van der Waals surface area (Å²) in [5.41, 5.74) is 2.49. The van der Waals surface area contributed by atoms with Gasteiger partial charge in [0.25, 0.3) is 0 Å². The maximum absolute atomic E-state index is 13.3. The number of nitrogens with zero attached hydrogens (tertiary/aromatic N) is 1. The Morgan fingerprint density at radius 1 is 1.38 bits per heavy atom. The maximum Gasteiger partial charge on any atom is 0.139 e. The van der Waals surface area contributed by atoms with Crippen LogP contribution >= 0.6 is 27.3 Å². The van der Waals surface area contributed by atoms with Crippen molar-refractivity contribution in [3.05, 3.63) is 39.2 Å². The van der Waals surface area contributed by atoms with Crippen molar-refractivity contribution >= 4 is 38.3 Å². The van der Waals surface area contributed by atoms with E-state index in [0.717, 1.165) is 16.9 Å². The first kappa shape index (κ1) is 9.99. The van der Waals surface area contributed by atoms with Crippen molar-refractivity contribution in [2.75, 3.05) is 0 Å². The Morgan fingerprint density at radius 2 is 2.25 bits per heavy atom. The Kier molecular flexibility index (Phi) is 2.29. The van der Waals surface area contributed by atoms with Gasteiger partial charge in [-0.25, -0.2) is 9.37 Å². The number of aromatic amines is 1. The Hall–Kier alpha value is -1.20. The SMILES string of the molecule is Fc1cc2[nH]c(-c3ccsc3)nc2cc1Br. The van der Waals surface area contributed by atoms with Crippen LogP contribution in [0.3, 0.4) is 0 Å². The molecule has 0 aliphatic carbocycles. The Morgan fingerprint density at radius 3 is 3.00 bits per heavy atom. The first-order valence-electron chi connectivity index (χ1n) is 4.61. The predicted molar refractivity (Wildman–Crippen MR) is 67.1 cm³/mol. The first-order chi connectivity index (χ1) is 7.74. The summed E-state index contributed by atoms with van der Waals surface area (Å²) in [5, 5.41) is 3.99. The summed E-state index contributed by atoms with van der Waals surface area (Å²) in [4.78, 5) is 7.51. The van der Waals surface area contributed by atoms with Gasteiger partial charge >= 0.3 is 0 Å². The Balaban J connectivity index is 2.23. The minimum atomic E-state index is -0.284. The lowest BCUT2D eigenvalue weighted by Gasteiger charge is -1.92. The van der Waals surface area contributed by atoms with E-state index in [0.29, 0.717) is 9.99 Å². The van der Waals surface area contributed by atoms with E-state index in [-0.39, 0.29) is 5.82 Å². The fourth-order valence-electron chi connectivity index (χ4n) is 1.54. The van der Waals surface area contributed by atoms with Gasteiger partial charge in [-0.15, -0.1) is 0 Å². The van der Waals surface area contributed by atoms with E-state index in [2.05, 4.69) is 25.9 Å². The van der Waals surface area contributed by atoms with Gasteiger partial charge in [0.2, 0.25) is 0 Å². The van der Waals surface area contributed by atoms with Gasteiger partial charge < -0.3 is 4.98 Å². The minimum Gasteiger partial charge on any atom is -0.338 e. The Bertz CT molecular complexity index is 606. The lowest BCUT2D eigenvalue weighted by atomic mass is 10.3. The normalized spacial score (nSPS) is 11.1. The minimum absolute atomic E-state index is 0.284. The zero-order valence-electron chi connectivity index (χ0n) is 8.00. The number of nitrogens with one attached hydrogen (secondary N) is 1. The van der Waals surface area contributed by atoms with Crippen LogP contribution in [0.15, 0.2) is 33.4 Å². The molecule has 2 heterocycles. The van der Waals surface area contributed by atoms with Gasteiger partial charge in [0.1, 0.15) is 11.6 Å². The third-order valence-electron chi connectivity index (χ3n) is 2.32. The van der Waals surface area contributed by atoms with Crippen molar-refractivity contribution < 1.29 is 4.39 Å². The molecule has 1 aromatic carbocycles. The van der Waals surface area contributed by atoms with Crippen LogP contribution in [0.1, 0.15) is 0 Å². The lowest BCUT2D eigenvalue weighted by molar-refractivity contribution is 0.623. The van der Waals surface area contributed by atoms with Crippen LogP contribution in [0.25, 0.3) is 22.4 Å². The molecule has 2 aromatic heterocycles. The highest BCUT2D eigenvalue weighted by atomic mass is 79.9. The molecule has 0 bridgehead atoms. The van der Waals surface area contributed by atoms with Gasteiger partial charge in [-0.05, 0) is 33.4 Å². The molecule has 16 heavy (non-hydrogen) atoms. The second kappa shape index (κ2) is 3.68. The molecular formula is C11H6BrFN2S. The molecule has 0 aliphatic rings. The fourth-order valence-corrected chi connectivity index (χ4v) is 2.51. The van der Waals surface area contributed by atoms with Crippen LogP contribution < -0.4 is 0 Å². The van der Waals surface area contributed by atoms with Crippen LogP contribution in [0.5, 0.6) is 0 Å². The van der Waals surface area contributed by atoms with Crippen LogP contribution in [0.2, 0.25) is 0 Å². The van der Waals surface area contributed by atoms with Crippen LogP contribution in [-0.4, -0.2) is 9.97 Å². The summed E-state index contributed by atoms with van der Waals surface area (Å²) in [6.07, 6.45) is 0. The van der Waals surface area contributed by atoms with E-state index in [4.69, 9.17) is 0 Å². The highest BCUT2D eigenvalue weighted by Gasteiger charge is 2.08. The molecule has 0 spiro atoms. The highest BCUT2D eigenvalue weighted by Crippen LogP contribution is 2.26. The van der Waals surface area contributed by atoms with Crippen molar-refractivity contribution in [1.29, 1.82) is 0 Å². The van der Waals surface area contributed by atoms with E-state index in [1.807, 2.05) is 16.8 Å². The summed E-state index contributed by atoms with van der Waals surface area (Å²) in [7, 11) is 0. The van der Waals surface area contributed by atoms with Gasteiger partial charge in [0, 0.05) is 17.0 Å². The number of rotatable bonds is 1. The maximum atomic E-state index is 13.3. The zero-order valence-corrected chi connectivity index (χ0v) is 10.4. The molecule has 0 fully saturated rings. The fraction of sp³-hybridized carbons (Fsp3) is 0. The number of H-pyrrole nitrogens is 1. The van der Waals surface area contributed by atoms with E-state index < -0.39 is 0 Å². The van der Waals surface area contributed by atoms with Crippen molar-refractivity contribution in [2.24, 2.45) is 0 Å². The topological polar surface area (TPSA) is 28.7 Å². The first-order valence-corrected chi connectivity index (χ1v) is 6.35. The molecule has 3 aromatic rings. The molecule has 0 unspecified atom stereocenters. The number of thiophene rings is 1.